The number of aromatic amines is 1. The van der Waals surface area contributed by atoms with Gasteiger partial charge in [-0.15, -0.1) is 0 Å². The number of aromatic nitrogens is 4. The summed E-state index contributed by atoms with van der Waals surface area (Å²) in [6.45, 7) is 3.27. The number of anilines is 1. The van der Waals surface area contributed by atoms with E-state index in [0.717, 1.165) is 0 Å². The summed E-state index contributed by atoms with van der Waals surface area (Å²) < 4.78 is 28.4. The summed E-state index contributed by atoms with van der Waals surface area (Å²) in [7, 11) is -2.15. The van der Waals surface area contributed by atoms with E-state index in [9.17, 15) is 8.42 Å². The molecule has 2 rings (SSSR count). The van der Waals surface area contributed by atoms with Gasteiger partial charge in [-0.1, -0.05) is 0 Å². The minimum absolute atomic E-state index is 0.0464. The molecule has 0 fully saturated rings. The van der Waals surface area contributed by atoms with Crippen LogP contribution in [-0.2, 0) is 17.1 Å². The Morgan fingerprint density at radius 2 is 2.16 bits per heavy atom. The smallest absolute Gasteiger partial charge is 0.266 e. The summed E-state index contributed by atoms with van der Waals surface area (Å²) in [4.78, 5) is 0.105. The molecule has 2 N–H and O–H groups in total. The predicted octanol–water partition coefficient (Wildman–Crippen LogP) is 0.433. The fourth-order valence-corrected chi connectivity index (χ4v) is 3.25. The van der Waals surface area contributed by atoms with E-state index in [1.54, 1.807) is 20.9 Å². The lowest BCUT2D eigenvalue weighted by atomic mass is 10.4. The highest BCUT2D eigenvalue weighted by Crippen LogP contribution is 2.22. The van der Waals surface area contributed by atoms with Crippen LogP contribution >= 0.6 is 0 Å². The molecule has 2 heterocycles. The molecule has 0 amide bonds. The van der Waals surface area contributed by atoms with Gasteiger partial charge in [-0.3, -0.25) is 14.5 Å². The van der Waals surface area contributed by atoms with Crippen molar-refractivity contribution in [3.63, 3.8) is 0 Å². The maximum atomic E-state index is 12.3. The molecular formula is C10H12N6O2S. The van der Waals surface area contributed by atoms with Gasteiger partial charge in [-0.05, 0) is 13.8 Å². The molecule has 0 aliphatic rings. The van der Waals surface area contributed by atoms with Crippen LogP contribution in [-0.4, -0.2) is 28.4 Å². The third-order valence-electron chi connectivity index (χ3n) is 2.71. The standard InChI is InChI=1S/C10H12N6O2S/c1-6-9(7(2)16(3)14-6)19(17,18)15-10-8(4-11)5-12-13-10/h5H,1-3H3,(H2,12,13,15). The molecule has 2 aromatic rings. The quantitative estimate of drug-likeness (QED) is 0.845. The van der Waals surface area contributed by atoms with Crippen LogP contribution < -0.4 is 4.72 Å². The molecule has 2 aromatic heterocycles. The van der Waals surface area contributed by atoms with Crippen molar-refractivity contribution in [1.29, 1.82) is 5.26 Å². The van der Waals surface area contributed by atoms with Gasteiger partial charge in [0.05, 0.1) is 17.6 Å². The fraction of sp³-hybridized carbons (Fsp3) is 0.300. The van der Waals surface area contributed by atoms with Gasteiger partial charge in [-0.2, -0.15) is 15.5 Å². The maximum Gasteiger partial charge on any atom is 0.266 e. The second-order valence-electron chi connectivity index (χ2n) is 4.00. The van der Waals surface area contributed by atoms with Crippen molar-refractivity contribution in [2.24, 2.45) is 7.05 Å². The second kappa shape index (κ2) is 4.40. The van der Waals surface area contributed by atoms with Crippen LogP contribution in [0.1, 0.15) is 17.0 Å². The fourth-order valence-electron chi connectivity index (χ4n) is 1.78. The van der Waals surface area contributed by atoms with Crippen molar-refractivity contribution in [3.8, 4) is 6.07 Å². The molecule has 0 atom stereocenters. The Morgan fingerprint density at radius 3 is 2.68 bits per heavy atom. The van der Waals surface area contributed by atoms with E-state index < -0.39 is 10.0 Å². The van der Waals surface area contributed by atoms with Crippen LogP contribution in [0.4, 0.5) is 5.82 Å². The van der Waals surface area contributed by atoms with Crippen LogP contribution in [0.5, 0.6) is 0 Å². The van der Waals surface area contributed by atoms with Crippen molar-refractivity contribution >= 4 is 15.8 Å². The minimum atomic E-state index is -3.81. The summed E-state index contributed by atoms with van der Waals surface area (Å²) in [6, 6.07) is 1.84. The lowest BCUT2D eigenvalue weighted by molar-refractivity contribution is 0.599. The van der Waals surface area contributed by atoms with Gasteiger partial charge >= 0.3 is 0 Å². The zero-order chi connectivity index (χ0) is 14.2. The number of nitrogens with zero attached hydrogens (tertiary/aromatic N) is 4. The maximum absolute atomic E-state index is 12.3. The summed E-state index contributed by atoms with van der Waals surface area (Å²) in [5.41, 5.74) is 1.04. The molecule has 0 spiro atoms. The van der Waals surface area contributed by atoms with Gasteiger partial charge in [0.2, 0.25) is 0 Å². The topological polar surface area (TPSA) is 116 Å². The molecule has 0 saturated carbocycles. The van der Waals surface area contributed by atoms with E-state index >= 15 is 0 Å². The molecule has 0 saturated heterocycles. The molecule has 0 unspecified atom stereocenters. The third kappa shape index (κ3) is 2.17. The van der Waals surface area contributed by atoms with Crippen molar-refractivity contribution in [1.82, 2.24) is 20.0 Å². The highest BCUT2D eigenvalue weighted by Gasteiger charge is 2.25. The van der Waals surface area contributed by atoms with E-state index in [4.69, 9.17) is 5.26 Å². The molecule has 0 aliphatic heterocycles. The van der Waals surface area contributed by atoms with Crippen LogP contribution in [0.15, 0.2) is 11.1 Å². The number of hydrogen-bond acceptors (Lipinski definition) is 5. The van der Waals surface area contributed by atoms with Gasteiger partial charge in [0.15, 0.2) is 5.82 Å². The molecule has 0 radical (unpaired) electrons. The number of nitrogens with one attached hydrogen (secondary N) is 2. The van der Waals surface area contributed by atoms with Gasteiger partial charge in [0, 0.05) is 7.05 Å². The highest BCUT2D eigenvalue weighted by atomic mass is 32.2. The van der Waals surface area contributed by atoms with E-state index in [1.165, 1.54) is 10.9 Å². The van der Waals surface area contributed by atoms with Crippen molar-refractivity contribution < 1.29 is 8.42 Å². The normalized spacial score (nSPS) is 11.3. The van der Waals surface area contributed by atoms with E-state index in [2.05, 4.69) is 20.0 Å². The summed E-state index contributed by atoms with van der Waals surface area (Å²) in [6.07, 6.45) is 1.25. The summed E-state index contributed by atoms with van der Waals surface area (Å²) >= 11 is 0. The largest absolute Gasteiger partial charge is 0.271 e. The number of H-pyrrole nitrogens is 1. The monoisotopic (exact) mass is 280 g/mol. The lowest BCUT2D eigenvalue weighted by Crippen LogP contribution is -2.15. The number of aryl methyl sites for hydroxylation is 2. The first-order valence-electron chi connectivity index (χ1n) is 5.33. The SMILES string of the molecule is Cc1nn(C)c(C)c1S(=O)(=O)Nc1[nH]ncc1C#N. The van der Waals surface area contributed by atoms with Crippen molar-refractivity contribution in [2.45, 2.75) is 18.7 Å². The first-order chi connectivity index (χ1) is 8.86. The zero-order valence-electron chi connectivity index (χ0n) is 10.6. The average molecular weight is 280 g/mol. The first kappa shape index (κ1) is 13.1. The number of sulfonamides is 1. The molecule has 100 valence electrons. The van der Waals surface area contributed by atoms with Crippen LogP contribution in [0.3, 0.4) is 0 Å². The van der Waals surface area contributed by atoms with Crippen molar-refractivity contribution in [2.75, 3.05) is 4.72 Å². The third-order valence-corrected chi connectivity index (χ3v) is 4.31. The van der Waals surface area contributed by atoms with Gasteiger partial charge in [-0.25, -0.2) is 8.42 Å². The van der Waals surface area contributed by atoms with E-state index in [-0.39, 0.29) is 16.3 Å². The van der Waals surface area contributed by atoms with Crippen LogP contribution in [0, 0.1) is 25.2 Å². The van der Waals surface area contributed by atoms with Gasteiger partial charge in [0.25, 0.3) is 10.0 Å². The number of rotatable bonds is 3. The molecular weight excluding hydrogens is 268 g/mol. The summed E-state index contributed by atoms with van der Waals surface area (Å²) in [5, 5.41) is 18.9. The van der Waals surface area contributed by atoms with E-state index in [0.29, 0.717) is 11.4 Å². The molecule has 9 heteroatoms. The minimum Gasteiger partial charge on any atom is -0.271 e. The molecule has 19 heavy (non-hydrogen) atoms. The Balaban J connectivity index is 2.47. The van der Waals surface area contributed by atoms with E-state index in [1.807, 2.05) is 6.07 Å². The van der Waals surface area contributed by atoms with Crippen LogP contribution in [0.25, 0.3) is 0 Å². The Labute approximate surface area is 110 Å². The molecule has 0 aliphatic carbocycles. The highest BCUT2D eigenvalue weighted by molar-refractivity contribution is 7.92. The molecule has 8 nitrogen and oxygen atoms in total. The van der Waals surface area contributed by atoms with Crippen LogP contribution in [0.2, 0.25) is 0 Å². The van der Waals surface area contributed by atoms with Gasteiger partial charge < -0.3 is 0 Å². The lowest BCUT2D eigenvalue weighted by Gasteiger charge is -2.06. The first-order valence-corrected chi connectivity index (χ1v) is 6.81. The van der Waals surface area contributed by atoms with Crippen molar-refractivity contribution in [3.05, 3.63) is 23.1 Å². The Morgan fingerprint density at radius 1 is 1.47 bits per heavy atom. The molecule has 0 aromatic carbocycles. The Bertz CT molecular complexity index is 765. The zero-order valence-corrected chi connectivity index (χ0v) is 11.4. The Hall–Kier alpha value is -2.34. The van der Waals surface area contributed by atoms with Gasteiger partial charge in [0.1, 0.15) is 16.5 Å². The summed E-state index contributed by atoms with van der Waals surface area (Å²) in [5.74, 6) is 0.0464. The molecule has 0 bridgehead atoms. The number of hydrogen-bond donors (Lipinski definition) is 2. The number of nitriles is 1. The Kier molecular flexibility index (Phi) is 3.03. The average Bonchev–Trinajstić information content (AvgIpc) is 2.84. The second-order valence-corrected chi connectivity index (χ2v) is 5.62. The predicted molar refractivity (Wildman–Crippen MR) is 66.8 cm³/mol.